The quantitative estimate of drug-likeness (QED) is 0.499. The van der Waals surface area contributed by atoms with Crippen molar-refractivity contribution in [1.82, 2.24) is 24.1 Å². The first-order valence-corrected chi connectivity index (χ1v) is 9.68. The first kappa shape index (κ1) is 18.2. The lowest BCUT2D eigenvalue weighted by Crippen LogP contribution is -2.05. The van der Waals surface area contributed by atoms with Gasteiger partial charge in [-0.3, -0.25) is 0 Å². The predicted octanol–water partition coefficient (Wildman–Crippen LogP) is 4.57. The maximum absolute atomic E-state index is 4.83. The lowest BCUT2D eigenvalue weighted by Gasteiger charge is -2.09. The number of hydrogen-bond donors (Lipinski definition) is 0. The number of aryl methyl sites for hydroxylation is 3. The normalized spacial score (nSPS) is 11.7. The zero-order valence-corrected chi connectivity index (χ0v) is 16.6. The van der Waals surface area contributed by atoms with E-state index in [0.717, 1.165) is 42.2 Å². The van der Waals surface area contributed by atoms with Crippen LogP contribution in [0.3, 0.4) is 0 Å². The van der Waals surface area contributed by atoms with Crippen molar-refractivity contribution in [2.75, 3.05) is 0 Å². The average Bonchev–Trinajstić information content (AvgIpc) is 3.32. The molecule has 1 aromatic carbocycles. The van der Waals surface area contributed by atoms with Gasteiger partial charge in [0.2, 0.25) is 0 Å². The van der Waals surface area contributed by atoms with Gasteiger partial charge >= 0.3 is 0 Å². The third-order valence-corrected chi connectivity index (χ3v) is 4.92. The third-order valence-electron chi connectivity index (χ3n) is 4.92. The summed E-state index contributed by atoms with van der Waals surface area (Å²) in [5.74, 6) is 1.08. The zero-order chi connectivity index (χ0) is 19.5. The van der Waals surface area contributed by atoms with E-state index in [9.17, 15) is 0 Å². The number of benzene rings is 1. The Bertz CT molecular complexity index is 1100. The van der Waals surface area contributed by atoms with Crippen molar-refractivity contribution >= 4 is 17.2 Å². The summed E-state index contributed by atoms with van der Waals surface area (Å²) >= 11 is 0. The molecule has 0 amide bonds. The number of aromatic nitrogens is 5. The number of pyridine rings is 1. The Kier molecular flexibility index (Phi) is 5.06. The van der Waals surface area contributed by atoms with E-state index in [0.29, 0.717) is 0 Å². The summed E-state index contributed by atoms with van der Waals surface area (Å²) in [6.45, 7) is 7.91. The summed E-state index contributed by atoms with van der Waals surface area (Å²) in [6.07, 6.45) is 10.8. The average molecular weight is 371 g/mol. The second kappa shape index (κ2) is 7.80. The second-order valence-corrected chi connectivity index (χ2v) is 7.12. The fraction of sp³-hybridized carbons (Fsp3) is 0.261. The van der Waals surface area contributed by atoms with Crippen LogP contribution in [0.5, 0.6) is 0 Å². The highest BCUT2D eigenvalue weighted by Gasteiger charge is 2.13. The Hall–Kier alpha value is -3.21. The molecule has 0 N–H and O–H groups in total. The first-order chi connectivity index (χ1) is 13.6. The molecule has 0 unspecified atom stereocenters. The molecule has 0 bridgehead atoms. The van der Waals surface area contributed by atoms with Gasteiger partial charge in [-0.2, -0.15) is 0 Å². The molecule has 0 saturated heterocycles. The van der Waals surface area contributed by atoms with Crippen LogP contribution in [-0.4, -0.2) is 24.1 Å². The van der Waals surface area contributed by atoms with Crippen LogP contribution in [0.1, 0.15) is 35.1 Å². The molecular formula is C23H25N5. The highest BCUT2D eigenvalue weighted by molar-refractivity contribution is 5.76. The molecule has 0 aliphatic rings. The molecular weight excluding hydrogens is 346 g/mol. The zero-order valence-electron chi connectivity index (χ0n) is 16.6. The Morgan fingerprint density at radius 3 is 2.61 bits per heavy atom. The molecule has 3 aromatic heterocycles. The molecule has 0 aliphatic carbocycles. The lowest BCUT2D eigenvalue weighted by atomic mass is 10.1. The van der Waals surface area contributed by atoms with Gasteiger partial charge in [-0.1, -0.05) is 43.3 Å². The van der Waals surface area contributed by atoms with E-state index in [1.165, 1.54) is 16.7 Å². The van der Waals surface area contributed by atoms with Crippen LogP contribution in [0.2, 0.25) is 0 Å². The Labute approximate surface area is 165 Å². The SMILES string of the molecule is CCc1nc2c(C)cc(C)nc2n1Cc1ccc(/C=C/Cn2ccnc2)cc1. The van der Waals surface area contributed by atoms with Crippen LogP contribution >= 0.6 is 0 Å². The highest BCUT2D eigenvalue weighted by atomic mass is 15.1. The van der Waals surface area contributed by atoms with Crippen LogP contribution < -0.4 is 0 Å². The fourth-order valence-electron chi connectivity index (χ4n) is 3.51. The molecule has 28 heavy (non-hydrogen) atoms. The van der Waals surface area contributed by atoms with E-state index in [2.05, 4.69) is 65.9 Å². The minimum atomic E-state index is 0.786. The molecule has 0 atom stereocenters. The summed E-state index contributed by atoms with van der Waals surface area (Å²) < 4.78 is 4.29. The second-order valence-electron chi connectivity index (χ2n) is 7.12. The van der Waals surface area contributed by atoms with Gasteiger partial charge in [0.25, 0.3) is 0 Å². The van der Waals surface area contributed by atoms with Crippen molar-refractivity contribution in [3.8, 4) is 0 Å². The van der Waals surface area contributed by atoms with E-state index in [1.54, 1.807) is 6.20 Å². The van der Waals surface area contributed by atoms with Gasteiger partial charge in [0, 0.05) is 31.1 Å². The maximum Gasteiger partial charge on any atom is 0.160 e. The molecule has 4 aromatic rings. The van der Waals surface area contributed by atoms with E-state index in [4.69, 9.17) is 9.97 Å². The van der Waals surface area contributed by atoms with Gasteiger partial charge in [-0.25, -0.2) is 15.0 Å². The number of fused-ring (bicyclic) bond motifs is 1. The molecule has 0 spiro atoms. The number of imidazole rings is 2. The molecule has 3 heterocycles. The summed E-state index contributed by atoms with van der Waals surface area (Å²) in [6, 6.07) is 10.8. The Morgan fingerprint density at radius 1 is 1.07 bits per heavy atom. The van der Waals surface area contributed by atoms with Crippen molar-refractivity contribution in [2.45, 2.75) is 40.3 Å². The topological polar surface area (TPSA) is 48.5 Å². The standard InChI is InChI=1S/C23H25N5/c1-4-21-26-22-17(2)14-18(3)25-23(22)28(21)15-20-9-7-19(8-10-20)6-5-12-27-13-11-24-16-27/h5-11,13-14,16H,4,12,15H2,1-3H3/b6-5+. The minimum Gasteiger partial charge on any atom is -0.334 e. The van der Waals surface area contributed by atoms with Crippen molar-refractivity contribution in [3.63, 3.8) is 0 Å². The maximum atomic E-state index is 4.83. The van der Waals surface area contributed by atoms with Crippen molar-refractivity contribution < 1.29 is 0 Å². The van der Waals surface area contributed by atoms with E-state index in [1.807, 2.05) is 24.0 Å². The number of allylic oxidation sites excluding steroid dienone is 1. The van der Waals surface area contributed by atoms with Gasteiger partial charge in [0.1, 0.15) is 11.3 Å². The summed E-state index contributed by atoms with van der Waals surface area (Å²) in [5.41, 5.74) is 6.67. The van der Waals surface area contributed by atoms with Crippen LogP contribution in [0.4, 0.5) is 0 Å². The predicted molar refractivity (Wildman–Crippen MR) is 113 cm³/mol. The van der Waals surface area contributed by atoms with Crippen molar-refractivity contribution in [2.24, 2.45) is 0 Å². The Morgan fingerprint density at radius 2 is 1.89 bits per heavy atom. The molecule has 0 aliphatic heterocycles. The summed E-state index contributed by atoms with van der Waals surface area (Å²) in [5, 5.41) is 0. The smallest absolute Gasteiger partial charge is 0.160 e. The van der Waals surface area contributed by atoms with Crippen molar-refractivity contribution in [3.05, 3.63) is 83.3 Å². The van der Waals surface area contributed by atoms with E-state index < -0.39 is 0 Å². The van der Waals surface area contributed by atoms with Gasteiger partial charge in [-0.15, -0.1) is 0 Å². The first-order valence-electron chi connectivity index (χ1n) is 9.68. The Balaban J connectivity index is 1.55. The summed E-state index contributed by atoms with van der Waals surface area (Å²) in [4.78, 5) is 13.7. The number of hydrogen-bond acceptors (Lipinski definition) is 3. The molecule has 4 rings (SSSR count). The molecule has 0 radical (unpaired) electrons. The van der Waals surface area contributed by atoms with Gasteiger partial charge in [-0.05, 0) is 36.6 Å². The van der Waals surface area contributed by atoms with Gasteiger partial charge in [0.05, 0.1) is 12.9 Å². The van der Waals surface area contributed by atoms with Crippen LogP contribution in [0.25, 0.3) is 17.2 Å². The van der Waals surface area contributed by atoms with Crippen molar-refractivity contribution in [1.29, 1.82) is 0 Å². The molecule has 0 fully saturated rings. The van der Waals surface area contributed by atoms with Gasteiger partial charge < -0.3 is 9.13 Å². The van der Waals surface area contributed by atoms with Gasteiger partial charge in [0.15, 0.2) is 5.65 Å². The van der Waals surface area contributed by atoms with E-state index >= 15 is 0 Å². The number of rotatable bonds is 6. The third kappa shape index (κ3) is 3.74. The highest BCUT2D eigenvalue weighted by Crippen LogP contribution is 2.21. The molecule has 5 nitrogen and oxygen atoms in total. The lowest BCUT2D eigenvalue weighted by molar-refractivity contribution is 0.745. The molecule has 142 valence electrons. The monoisotopic (exact) mass is 371 g/mol. The van der Waals surface area contributed by atoms with E-state index in [-0.39, 0.29) is 0 Å². The largest absolute Gasteiger partial charge is 0.334 e. The number of nitrogens with zero attached hydrogens (tertiary/aromatic N) is 5. The molecule has 0 saturated carbocycles. The molecule has 5 heteroatoms. The van der Waals surface area contributed by atoms with Crippen LogP contribution in [-0.2, 0) is 19.5 Å². The minimum absolute atomic E-state index is 0.786. The van der Waals surface area contributed by atoms with Crippen LogP contribution in [0, 0.1) is 13.8 Å². The van der Waals surface area contributed by atoms with Crippen LogP contribution in [0.15, 0.2) is 55.1 Å². The fourth-order valence-corrected chi connectivity index (χ4v) is 3.51. The summed E-state index contributed by atoms with van der Waals surface area (Å²) in [7, 11) is 0.